The van der Waals surface area contributed by atoms with Crippen LogP contribution in [-0.4, -0.2) is 108 Å². The molecule has 3 heterocycles. The fourth-order valence-corrected chi connectivity index (χ4v) is 7.99. The Bertz CT molecular complexity index is 1840. The monoisotopic (exact) mass is 814 g/mol. The first kappa shape index (κ1) is 44.5. The number of hydrogen-bond donors (Lipinski definition) is 4. The van der Waals surface area contributed by atoms with Crippen molar-refractivity contribution in [3.05, 3.63) is 83.9 Å². The van der Waals surface area contributed by atoms with Gasteiger partial charge in [-0.05, 0) is 69.9 Å². The SMILES string of the molecule is CN(C)C(=O)[C@@H](NC(=O)CNC(=O)C(=O)C1CCCCC=CCCCC[C@H](NC(=O)OCc2ccccc2)C(=O)N2C[C@@H]3OC(C)(C)C[C@@H]3[C@H]2C(=O)N1)c1ccccc1. The molecule has 15 nitrogen and oxygen atoms in total. The Kier molecular flexibility index (Phi) is 15.8. The number of fused-ring (bicyclic) bond motifs is 3. The van der Waals surface area contributed by atoms with Crippen LogP contribution in [0.25, 0.3) is 0 Å². The van der Waals surface area contributed by atoms with Gasteiger partial charge in [0.2, 0.25) is 29.4 Å². The Labute approximate surface area is 346 Å². The average Bonchev–Trinajstić information content (AvgIpc) is 3.71. The number of Topliss-reactive ketones (excluding diaryl/α,β-unsaturated/α-hetero) is 1. The molecule has 0 aromatic heterocycles. The molecule has 2 saturated heterocycles. The van der Waals surface area contributed by atoms with Crippen molar-refractivity contribution in [3.63, 3.8) is 0 Å². The zero-order valence-corrected chi connectivity index (χ0v) is 34.4. The first-order valence-electron chi connectivity index (χ1n) is 20.5. The van der Waals surface area contributed by atoms with Gasteiger partial charge in [-0.15, -0.1) is 0 Å². The number of carbonyl (C=O) groups is 7. The molecule has 1 unspecified atom stereocenters. The smallest absolute Gasteiger partial charge is 0.408 e. The molecule has 5 rings (SSSR count). The predicted molar refractivity (Wildman–Crippen MR) is 218 cm³/mol. The molecule has 318 valence electrons. The molecule has 0 saturated carbocycles. The Morgan fingerprint density at radius 1 is 0.915 bits per heavy atom. The van der Waals surface area contributed by atoms with E-state index in [0.29, 0.717) is 37.7 Å². The molecule has 59 heavy (non-hydrogen) atoms. The van der Waals surface area contributed by atoms with Crippen LogP contribution in [-0.2, 0) is 44.8 Å². The summed E-state index contributed by atoms with van der Waals surface area (Å²) in [6.45, 7) is 3.35. The third kappa shape index (κ3) is 12.5. The number of alkyl carbamates (subject to hydrolysis) is 1. The van der Waals surface area contributed by atoms with Gasteiger partial charge in [-0.3, -0.25) is 28.8 Å². The van der Waals surface area contributed by atoms with Crippen molar-refractivity contribution in [2.45, 2.75) is 114 Å². The molecule has 0 radical (unpaired) electrons. The summed E-state index contributed by atoms with van der Waals surface area (Å²) in [6.07, 6.45) is 7.86. The first-order chi connectivity index (χ1) is 28.2. The highest BCUT2D eigenvalue weighted by molar-refractivity contribution is 6.38. The molecule has 2 aromatic carbocycles. The van der Waals surface area contributed by atoms with Crippen molar-refractivity contribution in [2.75, 3.05) is 27.2 Å². The van der Waals surface area contributed by atoms with E-state index in [1.54, 1.807) is 44.4 Å². The maximum Gasteiger partial charge on any atom is 0.408 e. The van der Waals surface area contributed by atoms with E-state index in [4.69, 9.17) is 9.47 Å². The summed E-state index contributed by atoms with van der Waals surface area (Å²) in [5.74, 6) is -4.59. The quantitative estimate of drug-likeness (QED) is 0.205. The van der Waals surface area contributed by atoms with Crippen LogP contribution < -0.4 is 21.3 Å². The minimum atomic E-state index is -1.26. The minimum absolute atomic E-state index is 0.0121. The lowest BCUT2D eigenvalue weighted by molar-refractivity contribution is -0.144. The molecule has 0 spiro atoms. The van der Waals surface area contributed by atoms with E-state index >= 15 is 0 Å². The van der Waals surface area contributed by atoms with Crippen molar-refractivity contribution in [3.8, 4) is 0 Å². The lowest BCUT2D eigenvalue weighted by Gasteiger charge is -2.32. The number of carbonyl (C=O) groups excluding carboxylic acids is 7. The van der Waals surface area contributed by atoms with Crippen molar-refractivity contribution in [1.82, 2.24) is 31.1 Å². The van der Waals surface area contributed by atoms with E-state index in [1.807, 2.05) is 50.3 Å². The van der Waals surface area contributed by atoms with Gasteiger partial charge in [0.1, 0.15) is 24.7 Å². The van der Waals surface area contributed by atoms with Crippen LogP contribution in [0.3, 0.4) is 0 Å². The lowest BCUT2D eigenvalue weighted by atomic mass is 9.89. The van der Waals surface area contributed by atoms with Crippen molar-refractivity contribution >= 4 is 41.4 Å². The average molecular weight is 815 g/mol. The summed E-state index contributed by atoms with van der Waals surface area (Å²) >= 11 is 0. The van der Waals surface area contributed by atoms with E-state index in [0.717, 1.165) is 24.8 Å². The number of hydrogen-bond acceptors (Lipinski definition) is 9. The highest BCUT2D eigenvalue weighted by Crippen LogP contribution is 2.43. The largest absolute Gasteiger partial charge is 0.445 e. The number of rotatable bonds is 10. The number of amides is 6. The fourth-order valence-electron chi connectivity index (χ4n) is 7.99. The molecule has 6 atom stereocenters. The van der Waals surface area contributed by atoms with Gasteiger partial charge < -0.3 is 40.5 Å². The van der Waals surface area contributed by atoms with Gasteiger partial charge in [0, 0.05) is 26.6 Å². The van der Waals surface area contributed by atoms with E-state index in [1.165, 1.54) is 9.80 Å². The topological polar surface area (TPSA) is 193 Å². The fraction of sp³-hybridized carbons (Fsp3) is 0.523. The minimum Gasteiger partial charge on any atom is -0.445 e. The molecule has 2 fully saturated rings. The zero-order chi connectivity index (χ0) is 42.5. The Hall–Kier alpha value is -5.57. The number of allylic oxidation sites excluding steroid dienone is 2. The number of benzene rings is 2. The van der Waals surface area contributed by atoms with Gasteiger partial charge in [0.05, 0.1) is 24.3 Å². The van der Waals surface area contributed by atoms with Crippen molar-refractivity contribution in [2.24, 2.45) is 5.92 Å². The maximum atomic E-state index is 14.5. The second-order valence-electron chi connectivity index (χ2n) is 16.3. The summed E-state index contributed by atoms with van der Waals surface area (Å²) in [5, 5.41) is 10.6. The molecule has 3 aliphatic rings. The highest BCUT2D eigenvalue weighted by Gasteiger charge is 2.56. The second kappa shape index (κ2) is 20.9. The normalized spacial score (nSPS) is 24.0. The Balaban J connectivity index is 1.32. The van der Waals surface area contributed by atoms with E-state index in [2.05, 4.69) is 27.3 Å². The molecule has 3 aliphatic heterocycles. The second-order valence-corrected chi connectivity index (χ2v) is 16.3. The van der Waals surface area contributed by atoms with Gasteiger partial charge in [0.25, 0.3) is 5.91 Å². The number of likely N-dealkylation sites (N-methyl/N-ethyl adjacent to an activating group) is 1. The third-order valence-corrected chi connectivity index (χ3v) is 10.9. The summed E-state index contributed by atoms with van der Waals surface area (Å²) in [7, 11) is 3.12. The van der Waals surface area contributed by atoms with Gasteiger partial charge in [-0.2, -0.15) is 0 Å². The third-order valence-electron chi connectivity index (χ3n) is 10.9. The zero-order valence-electron chi connectivity index (χ0n) is 34.4. The molecule has 4 N–H and O–H groups in total. The molecule has 2 aromatic rings. The van der Waals surface area contributed by atoms with E-state index < -0.39 is 83.8 Å². The summed E-state index contributed by atoms with van der Waals surface area (Å²) in [4.78, 5) is 97.9. The predicted octanol–water partition coefficient (Wildman–Crippen LogP) is 3.48. The van der Waals surface area contributed by atoms with Crippen LogP contribution in [0.5, 0.6) is 0 Å². The molecular formula is C44H58N6O9. The standard InChI is InChI=1S/C44H58N6O9/c1-44(2)25-31-34(59-44)27-50-37(31)39(53)46-32(38(52)40(54)45-26-35(51)48-36(42(56)49(3)4)30-21-15-12-16-22-30)23-17-9-7-5-6-8-10-18-24-33(41(50)55)47-43(57)58-28-29-19-13-11-14-20-29/h5-6,11-16,19-22,31-34,36-37H,7-10,17-18,23-28H2,1-4H3,(H,45,54)(H,46,53)(H,47,57)(H,48,51)/t31-,32?,33-,34-,36-,37-/m0/s1. The van der Waals surface area contributed by atoms with Crippen LogP contribution in [0.2, 0.25) is 0 Å². The van der Waals surface area contributed by atoms with E-state index in [9.17, 15) is 33.6 Å². The van der Waals surface area contributed by atoms with E-state index in [-0.39, 0.29) is 25.5 Å². The number of ether oxygens (including phenoxy) is 2. The Morgan fingerprint density at radius 2 is 1.56 bits per heavy atom. The number of nitrogens with one attached hydrogen (secondary N) is 4. The Morgan fingerprint density at radius 3 is 2.22 bits per heavy atom. The molecule has 0 aliphatic carbocycles. The van der Waals surface area contributed by atoms with Crippen LogP contribution >= 0.6 is 0 Å². The molecule has 6 amide bonds. The van der Waals surface area contributed by atoms with Gasteiger partial charge in [-0.1, -0.05) is 85.7 Å². The van der Waals surface area contributed by atoms with Crippen molar-refractivity contribution in [1.29, 1.82) is 0 Å². The summed E-state index contributed by atoms with van der Waals surface area (Å²) in [5.41, 5.74) is 0.757. The first-order valence-corrected chi connectivity index (χ1v) is 20.5. The van der Waals surface area contributed by atoms with Gasteiger partial charge in [-0.25, -0.2) is 4.79 Å². The highest BCUT2D eigenvalue weighted by atomic mass is 16.5. The van der Waals surface area contributed by atoms with Crippen molar-refractivity contribution < 1.29 is 43.0 Å². The number of ketones is 1. The summed E-state index contributed by atoms with van der Waals surface area (Å²) < 4.78 is 11.8. The molecule has 15 heteroatoms. The van der Waals surface area contributed by atoms with Crippen LogP contribution in [0.4, 0.5) is 4.79 Å². The molecular weight excluding hydrogens is 757 g/mol. The maximum absolute atomic E-state index is 14.5. The van der Waals surface area contributed by atoms with Gasteiger partial charge in [0.15, 0.2) is 0 Å². The molecule has 0 bridgehead atoms. The van der Waals surface area contributed by atoms with Gasteiger partial charge >= 0.3 is 6.09 Å². The van der Waals surface area contributed by atoms with Crippen LogP contribution in [0, 0.1) is 5.92 Å². The van der Waals surface area contributed by atoms with Crippen LogP contribution in [0.15, 0.2) is 72.8 Å². The van der Waals surface area contributed by atoms with Crippen LogP contribution in [0.1, 0.15) is 88.8 Å². The summed E-state index contributed by atoms with van der Waals surface area (Å²) in [6, 6.07) is 13.5. The number of nitrogens with zero attached hydrogens (tertiary/aromatic N) is 2. The lowest BCUT2D eigenvalue weighted by Crippen LogP contribution is -2.58.